The summed E-state index contributed by atoms with van der Waals surface area (Å²) in [5.74, 6) is 0.127. The minimum absolute atomic E-state index is 0.194. The van der Waals surface area contributed by atoms with Crippen LogP contribution in [0.4, 0.5) is 13.2 Å². The third kappa shape index (κ3) is 6.42. The maximum Gasteiger partial charge on any atom is 0.573 e. The van der Waals surface area contributed by atoms with Crippen LogP contribution in [0.5, 0.6) is 11.5 Å². The highest BCUT2D eigenvalue weighted by atomic mass is 19.4. The van der Waals surface area contributed by atoms with Crippen molar-refractivity contribution >= 4 is 0 Å². The van der Waals surface area contributed by atoms with Crippen LogP contribution in [0.1, 0.15) is 0 Å². The summed E-state index contributed by atoms with van der Waals surface area (Å²) < 4.78 is 38.2. The first-order chi connectivity index (χ1) is 8.47. The van der Waals surface area contributed by atoms with Gasteiger partial charge in [-0.2, -0.15) is 0 Å². The zero-order valence-corrected chi connectivity index (χ0v) is 9.26. The highest BCUT2D eigenvalue weighted by molar-refractivity contribution is 5.21. The van der Waals surface area contributed by atoms with Gasteiger partial charge in [0, 0.05) is 0 Å². The van der Waals surface area contributed by atoms with Crippen LogP contribution in [-0.2, 0) is 0 Å². The van der Waals surface area contributed by atoms with Crippen LogP contribution >= 0.6 is 0 Å². The van der Waals surface area contributed by atoms with Gasteiger partial charge in [0.15, 0.2) is 0 Å². The molecule has 2 nitrogen and oxygen atoms in total. The van der Waals surface area contributed by atoms with Gasteiger partial charge in [-0.05, 0) is 24.3 Å². The van der Waals surface area contributed by atoms with E-state index in [-0.39, 0.29) is 5.75 Å². The summed E-state index contributed by atoms with van der Waals surface area (Å²) in [5, 5.41) is 8.63. The van der Waals surface area contributed by atoms with E-state index in [1.807, 2.05) is 6.07 Å². The van der Waals surface area contributed by atoms with Gasteiger partial charge in [-0.3, -0.25) is 0 Å². The molecule has 18 heavy (non-hydrogen) atoms. The van der Waals surface area contributed by atoms with Gasteiger partial charge in [0.25, 0.3) is 0 Å². The number of phenols is 1. The van der Waals surface area contributed by atoms with Crippen LogP contribution in [0, 0.1) is 0 Å². The molecular formula is C13H11F3O2. The third-order valence-corrected chi connectivity index (χ3v) is 1.73. The fourth-order valence-corrected chi connectivity index (χ4v) is 1.05. The molecule has 0 amide bonds. The van der Waals surface area contributed by atoms with Gasteiger partial charge in [-0.25, -0.2) is 0 Å². The molecule has 1 N–H and O–H groups in total. The topological polar surface area (TPSA) is 29.5 Å². The van der Waals surface area contributed by atoms with Crippen LogP contribution in [0.15, 0.2) is 60.7 Å². The number of ether oxygens (including phenoxy) is 1. The summed E-state index contributed by atoms with van der Waals surface area (Å²) >= 11 is 0. The summed E-state index contributed by atoms with van der Waals surface area (Å²) in [6.45, 7) is 0. The Morgan fingerprint density at radius 3 is 1.56 bits per heavy atom. The lowest BCUT2D eigenvalue weighted by Crippen LogP contribution is -2.16. The molecule has 0 fully saturated rings. The largest absolute Gasteiger partial charge is 0.573 e. The summed E-state index contributed by atoms with van der Waals surface area (Å²) in [7, 11) is 0. The molecule has 0 radical (unpaired) electrons. The van der Waals surface area contributed by atoms with Gasteiger partial charge in [0.1, 0.15) is 11.5 Å². The van der Waals surface area contributed by atoms with Crippen LogP contribution in [0.2, 0.25) is 0 Å². The number of halogens is 3. The van der Waals surface area contributed by atoms with Crippen molar-refractivity contribution in [2.75, 3.05) is 0 Å². The number of alkyl halides is 3. The predicted molar refractivity (Wildman–Crippen MR) is 61.2 cm³/mol. The maximum absolute atomic E-state index is 11.5. The van der Waals surface area contributed by atoms with E-state index < -0.39 is 6.36 Å². The van der Waals surface area contributed by atoms with Crippen molar-refractivity contribution in [2.45, 2.75) is 6.36 Å². The van der Waals surface area contributed by atoms with Crippen molar-refractivity contribution in [3.63, 3.8) is 0 Å². The summed E-state index contributed by atoms with van der Waals surface area (Å²) in [6, 6.07) is 15.8. The van der Waals surface area contributed by atoms with Gasteiger partial charge >= 0.3 is 6.36 Å². The molecule has 0 aliphatic heterocycles. The number of phenolic OH excluding ortho intramolecular Hbond substituents is 1. The van der Waals surface area contributed by atoms with Gasteiger partial charge in [0.05, 0.1) is 0 Å². The second-order valence-electron chi connectivity index (χ2n) is 3.20. The molecule has 2 rings (SSSR count). The lowest BCUT2D eigenvalue weighted by molar-refractivity contribution is -0.274. The number of rotatable bonds is 1. The standard InChI is InChI=1S/C7H5F3O.C6H6O/c8-7(9,10)11-6-4-2-1-3-5-6;7-6-4-2-1-3-5-6/h1-5H;1-5,7H. The summed E-state index contributed by atoms with van der Waals surface area (Å²) in [5.41, 5.74) is 0. The number of benzene rings is 2. The minimum Gasteiger partial charge on any atom is -0.508 e. The van der Waals surface area contributed by atoms with Crippen molar-refractivity contribution in [2.24, 2.45) is 0 Å². The van der Waals surface area contributed by atoms with E-state index in [9.17, 15) is 13.2 Å². The fraction of sp³-hybridized carbons (Fsp3) is 0.0769. The SMILES string of the molecule is FC(F)(F)Oc1ccccc1.Oc1ccccc1. The van der Waals surface area contributed by atoms with Crippen molar-refractivity contribution in [3.05, 3.63) is 60.7 Å². The molecule has 0 aliphatic rings. The van der Waals surface area contributed by atoms with Crippen molar-refractivity contribution < 1.29 is 23.0 Å². The molecule has 0 aromatic heterocycles. The Hall–Kier alpha value is -2.17. The average molecular weight is 256 g/mol. The summed E-state index contributed by atoms with van der Waals surface area (Å²) in [6.07, 6.45) is -4.60. The zero-order chi connectivity index (χ0) is 13.4. The van der Waals surface area contributed by atoms with Crippen LogP contribution in [0.25, 0.3) is 0 Å². The van der Waals surface area contributed by atoms with Gasteiger partial charge in [-0.1, -0.05) is 36.4 Å². The molecule has 0 aliphatic carbocycles. The molecule has 0 saturated heterocycles. The quantitative estimate of drug-likeness (QED) is 0.836. The molecule has 0 spiro atoms. The smallest absolute Gasteiger partial charge is 0.508 e. The van der Waals surface area contributed by atoms with E-state index in [1.54, 1.807) is 30.3 Å². The lowest BCUT2D eigenvalue weighted by atomic mass is 10.3. The average Bonchev–Trinajstić information content (AvgIpc) is 2.30. The first-order valence-electron chi connectivity index (χ1n) is 5.02. The predicted octanol–water partition coefficient (Wildman–Crippen LogP) is 3.98. The molecule has 0 bridgehead atoms. The first-order valence-corrected chi connectivity index (χ1v) is 5.02. The molecule has 0 saturated carbocycles. The molecule has 0 heterocycles. The second-order valence-corrected chi connectivity index (χ2v) is 3.20. The fourth-order valence-electron chi connectivity index (χ4n) is 1.05. The van der Waals surface area contributed by atoms with Gasteiger partial charge in [0.2, 0.25) is 0 Å². The van der Waals surface area contributed by atoms with E-state index in [0.29, 0.717) is 5.75 Å². The number of aromatic hydroxyl groups is 1. The number of hydrogen-bond donors (Lipinski definition) is 1. The van der Waals surface area contributed by atoms with E-state index in [4.69, 9.17) is 5.11 Å². The Morgan fingerprint density at radius 2 is 1.22 bits per heavy atom. The maximum atomic E-state index is 11.5. The molecule has 2 aromatic rings. The Bertz CT molecular complexity index is 441. The Labute approximate surface area is 102 Å². The van der Waals surface area contributed by atoms with Crippen LogP contribution in [-0.4, -0.2) is 11.5 Å². The van der Waals surface area contributed by atoms with Crippen LogP contribution < -0.4 is 4.74 Å². The molecule has 5 heteroatoms. The highest BCUT2D eigenvalue weighted by Gasteiger charge is 2.30. The Morgan fingerprint density at radius 1 is 0.778 bits per heavy atom. The minimum atomic E-state index is -4.60. The van der Waals surface area contributed by atoms with E-state index in [0.717, 1.165) is 0 Å². The van der Waals surface area contributed by atoms with Gasteiger partial charge in [-0.15, -0.1) is 13.2 Å². The van der Waals surface area contributed by atoms with E-state index in [1.165, 1.54) is 24.3 Å². The van der Waals surface area contributed by atoms with Crippen molar-refractivity contribution in [1.82, 2.24) is 0 Å². The monoisotopic (exact) mass is 256 g/mol. The number of hydrogen-bond acceptors (Lipinski definition) is 2. The highest BCUT2D eigenvalue weighted by Crippen LogP contribution is 2.21. The Kier molecular flexibility index (Phi) is 5.05. The molecule has 96 valence electrons. The third-order valence-electron chi connectivity index (χ3n) is 1.73. The van der Waals surface area contributed by atoms with E-state index >= 15 is 0 Å². The summed E-state index contributed by atoms with van der Waals surface area (Å²) in [4.78, 5) is 0. The lowest BCUT2D eigenvalue weighted by Gasteiger charge is -2.07. The molecule has 0 unspecified atom stereocenters. The van der Waals surface area contributed by atoms with Crippen LogP contribution in [0.3, 0.4) is 0 Å². The second kappa shape index (κ2) is 6.54. The molecular weight excluding hydrogens is 245 g/mol. The molecule has 2 aromatic carbocycles. The van der Waals surface area contributed by atoms with E-state index in [2.05, 4.69) is 4.74 Å². The zero-order valence-electron chi connectivity index (χ0n) is 9.26. The van der Waals surface area contributed by atoms with Crippen molar-refractivity contribution in [1.29, 1.82) is 0 Å². The molecule has 0 atom stereocenters. The van der Waals surface area contributed by atoms with Gasteiger partial charge < -0.3 is 9.84 Å². The van der Waals surface area contributed by atoms with Crippen molar-refractivity contribution in [3.8, 4) is 11.5 Å². The first kappa shape index (κ1) is 13.9. The number of para-hydroxylation sites is 2. The Balaban J connectivity index is 0.000000199. The normalized spacial score (nSPS) is 10.2.